The second-order valence-corrected chi connectivity index (χ2v) is 8.84. The lowest BCUT2D eigenvalue weighted by Crippen LogP contribution is -2.47. The van der Waals surface area contributed by atoms with Gasteiger partial charge in [-0.25, -0.2) is 9.78 Å². The third-order valence-corrected chi connectivity index (χ3v) is 6.37. The number of anilines is 1. The van der Waals surface area contributed by atoms with Crippen LogP contribution in [0.3, 0.4) is 0 Å². The van der Waals surface area contributed by atoms with E-state index in [1.54, 1.807) is 23.1 Å². The molecule has 2 aliphatic heterocycles. The van der Waals surface area contributed by atoms with E-state index in [4.69, 9.17) is 21.4 Å². The van der Waals surface area contributed by atoms with E-state index in [1.165, 1.54) is 18.2 Å². The number of halogens is 1. The molecule has 3 atom stereocenters. The Hall–Kier alpha value is -3.68. The van der Waals surface area contributed by atoms with Gasteiger partial charge in [-0.3, -0.25) is 14.9 Å². The van der Waals surface area contributed by atoms with E-state index < -0.39 is 11.9 Å². The number of likely N-dealkylation sites (tertiary alicyclic amines) is 1. The lowest BCUT2D eigenvalue weighted by atomic mass is 10.1. The number of hydrogen-bond donors (Lipinski definition) is 3. The van der Waals surface area contributed by atoms with Gasteiger partial charge in [-0.1, -0.05) is 17.7 Å². The molecule has 2 fully saturated rings. The number of carboxylic acids is 1. The third-order valence-electron chi connectivity index (χ3n) is 6.05. The zero-order valence-corrected chi connectivity index (χ0v) is 19.5. The summed E-state index contributed by atoms with van der Waals surface area (Å²) in [6.07, 6.45) is 2.96. The molecule has 0 unspecified atom stereocenters. The SMILES string of the molecule is N#C[C@@H]1CCCN1C(=O)[C@@H]1CC[C@H](COc2cc(NC(=O)c3cccc(C(=O)O)n3)ccc2Cl)N1. The van der Waals surface area contributed by atoms with Crippen molar-refractivity contribution in [1.82, 2.24) is 15.2 Å². The molecule has 0 radical (unpaired) electrons. The Labute approximate surface area is 206 Å². The van der Waals surface area contributed by atoms with Crippen molar-refractivity contribution in [3.05, 3.63) is 52.8 Å². The Morgan fingerprint density at radius 3 is 2.80 bits per heavy atom. The zero-order chi connectivity index (χ0) is 24.9. The van der Waals surface area contributed by atoms with Crippen LogP contribution in [0, 0.1) is 11.3 Å². The van der Waals surface area contributed by atoms with Crippen molar-refractivity contribution in [2.24, 2.45) is 0 Å². The normalized spacial score (nSPS) is 21.4. The molecule has 2 aromatic rings. The molecule has 2 amide bonds. The first-order valence-electron chi connectivity index (χ1n) is 11.3. The van der Waals surface area contributed by atoms with Gasteiger partial charge >= 0.3 is 5.97 Å². The number of nitriles is 1. The first-order valence-corrected chi connectivity index (χ1v) is 11.6. The van der Waals surface area contributed by atoms with Gasteiger partial charge in [0.15, 0.2) is 0 Å². The Bertz CT molecular complexity index is 1180. The van der Waals surface area contributed by atoms with Gasteiger partial charge in [0.25, 0.3) is 5.91 Å². The number of aromatic nitrogens is 1. The van der Waals surface area contributed by atoms with Crippen LogP contribution in [0.15, 0.2) is 36.4 Å². The summed E-state index contributed by atoms with van der Waals surface area (Å²) >= 11 is 6.26. The second-order valence-electron chi connectivity index (χ2n) is 8.44. The molecule has 182 valence electrons. The van der Waals surface area contributed by atoms with E-state index in [-0.39, 0.29) is 42.0 Å². The molecule has 2 saturated heterocycles. The molecule has 0 spiro atoms. The van der Waals surface area contributed by atoms with Crippen molar-refractivity contribution in [1.29, 1.82) is 5.26 Å². The van der Waals surface area contributed by atoms with Crippen LogP contribution in [0.25, 0.3) is 0 Å². The van der Waals surface area contributed by atoms with Gasteiger partial charge in [-0.2, -0.15) is 5.26 Å². The number of carboxylic acid groups (broad SMARTS) is 1. The van der Waals surface area contributed by atoms with Gasteiger partial charge in [0, 0.05) is 24.3 Å². The molecule has 2 aliphatic rings. The second kappa shape index (κ2) is 10.7. The predicted molar refractivity (Wildman–Crippen MR) is 126 cm³/mol. The van der Waals surface area contributed by atoms with Crippen LogP contribution in [0.1, 0.15) is 46.7 Å². The maximum atomic E-state index is 12.8. The number of nitrogens with zero attached hydrogens (tertiary/aromatic N) is 3. The fourth-order valence-corrected chi connectivity index (χ4v) is 4.44. The number of rotatable bonds is 7. The molecule has 0 bridgehead atoms. The average molecular weight is 498 g/mol. The van der Waals surface area contributed by atoms with Crippen molar-refractivity contribution >= 4 is 35.1 Å². The maximum Gasteiger partial charge on any atom is 0.354 e. The van der Waals surface area contributed by atoms with Crippen LogP contribution >= 0.6 is 11.6 Å². The van der Waals surface area contributed by atoms with Crippen LogP contribution in [0.5, 0.6) is 5.75 Å². The Morgan fingerprint density at radius 2 is 2.03 bits per heavy atom. The average Bonchev–Trinajstić information content (AvgIpc) is 3.53. The molecule has 11 heteroatoms. The van der Waals surface area contributed by atoms with Gasteiger partial charge in [-0.05, 0) is 49.9 Å². The van der Waals surface area contributed by atoms with Gasteiger partial charge in [-0.15, -0.1) is 0 Å². The van der Waals surface area contributed by atoms with Crippen LogP contribution < -0.4 is 15.4 Å². The summed E-state index contributed by atoms with van der Waals surface area (Å²) in [5.41, 5.74) is 0.136. The quantitative estimate of drug-likeness (QED) is 0.529. The highest BCUT2D eigenvalue weighted by molar-refractivity contribution is 6.32. The van der Waals surface area contributed by atoms with Crippen molar-refractivity contribution in [3.63, 3.8) is 0 Å². The fourth-order valence-electron chi connectivity index (χ4n) is 4.27. The number of pyridine rings is 1. The van der Waals surface area contributed by atoms with Crippen molar-refractivity contribution < 1.29 is 24.2 Å². The number of benzene rings is 1. The van der Waals surface area contributed by atoms with Crippen LogP contribution in [0.2, 0.25) is 5.02 Å². The fraction of sp³-hybridized carbons (Fsp3) is 0.375. The van der Waals surface area contributed by atoms with Gasteiger partial charge in [0.2, 0.25) is 5.91 Å². The summed E-state index contributed by atoms with van der Waals surface area (Å²) in [7, 11) is 0. The van der Waals surface area contributed by atoms with Gasteiger partial charge < -0.3 is 20.1 Å². The highest BCUT2D eigenvalue weighted by atomic mass is 35.5. The highest BCUT2D eigenvalue weighted by Crippen LogP contribution is 2.29. The summed E-state index contributed by atoms with van der Waals surface area (Å²) < 4.78 is 5.88. The summed E-state index contributed by atoms with van der Waals surface area (Å²) in [5, 5.41) is 24.6. The number of amides is 2. The van der Waals surface area contributed by atoms with E-state index in [0.29, 0.717) is 35.8 Å². The molecular formula is C24H24ClN5O5. The number of ether oxygens (including phenoxy) is 1. The molecule has 0 aliphatic carbocycles. The minimum absolute atomic E-state index is 0.0372. The lowest BCUT2D eigenvalue weighted by molar-refractivity contribution is -0.133. The van der Waals surface area contributed by atoms with Crippen LogP contribution in [0.4, 0.5) is 5.69 Å². The summed E-state index contributed by atoms with van der Waals surface area (Å²) in [4.78, 5) is 41.9. The topological polar surface area (TPSA) is 145 Å². The molecule has 4 rings (SSSR count). The minimum Gasteiger partial charge on any atom is -0.490 e. The third kappa shape index (κ3) is 5.70. The van der Waals surface area contributed by atoms with Crippen molar-refractivity contribution in [2.45, 2.75) is 43.8 Å². The van der Waals surface area contributed by atoms with Crippen molar-refractivity contribution in [2.75, 3.05) is 18.5 Å². The lowest BCUT2D eigenvalue weighted by Gasteiger charge is -2.24. The molecule has 35 heavy (non-hydrogen) atoms. The van der Waals surface area contributed by atoms with Gasteiger partial charge in [0.05, 0.1) is 17.1 Å². The number of nitrogens with one attached hydrogen (secondary N) is 2. The van der Waals surface area contributed by atoms with E-state index in [2.05, 4.69) is 21.7 Å². The highest BCUT2D eigenvalue weighted by Gasteiger charge is 2.37. The molecule has 10 nitrogen and oxygen atoms in total. The summed E-state index contributed by atoms with van der Waals surface area (Å²) in [6, 6.07) is 10.3. The molecule has 3 heterocycles. The van der Waals surface area contributed by atoms with Crippen LogP contribution in [-0.2, 0) is 4.79 Å². The van der Waals surface area contributed by atoms with Gasteiger partial charge in [0.1, 0.15) is 29.8 Å². The summed E-state index contributed by atoms with van der Waals surface area (Å²) in [5.74, 6) is -1.48. The first-order chi connectivity index (χ1) is 16.9. The Morgan fingerprint density at radius 1 is 1.23 bits per heavy atom. The number of hydrogen-bond acceptors (Lipinski definition) is 7. The standard InChI is InChI=1S/C24H24ClN5O5/c25-17-8-6-14(28-22(31)18-4-1-5-20(29-18)24(33)34)11-21(17)35-13-15-7-9-19(27-15)23(32)30-10-2-3-16(30)12-26/h1,4-6,8,11,15-16,19,27H,2-3,7,9-10,13H2,(H,28,31)(H,33,34)/t15-,16+,19+/m1/s1. The first kappa shape index (κ1) is 24.4. The number of carbonyl (C=O) groups is 3. The molecule has 1 aromatic heterocycles. The zero-order valence-electron chi connectivity index (χ0n) is 18.7. The molecule has 1 aromatic carbocycles. The monoisotopic (exact) mass is 497 g/mol. The Balaban J connectivity index is 1.34. The predicted octanol–water partition coefficient (Wildman–Crippen LogP) is 2.70. The number of carbonyl (C=O) groups excluding carboxylic acids is 2. The van der Waals surface area contributed by atoms with E-state index in [1.807, 2.05) is 0 Å². The number of aromatic carboxylic acids is 1. The minimum atomic E-state index is -1.23. The van der Waals surface area contributed by atoms with E-state index in [9.17, 15) is 19.6 Å². The van der Waals surface area contributed by atoms with Crippen LogP contribution in [-0.4, -0.2) is 64.1 Å². The van der Waals surface area contributed by atoms with Crippen molar-refractivity contribution in [3.8, 4) is 11.8 Å². The summed E-state index contributed by atoms with van der Waals surface area (Å²) in [6.45, 7) is 0.880. The largest absolute Gasteiger partial charge is 0.490 e. The molecule has 3 N–H and O–H groups in total. The maximum absolute atomic E-state index is 12.8. The molecule has 0 saturated carbocycles. The van der Waals surface area contributed by atoms with E-state index in [0.717, 1.165) is 12.8 Å². The molecular weight excluding hydrogens is 474 g/mol. The van der Waals surface area contributed by atoms with E-state index >= 15 is 0 Å². The smallest absolute Gasteiger partial charge is 0.354 e. The Kier molecular flexibility index (Phi) is 7.48.